The molecule has 1 unspecified atom stereocenters. The van der Waals surface area contributed by atoms with Crippen molar-refractivity contribution in [2.75, 3.05) is 13.1 Å². The molecule has 0 spiro atoms. The summed E-state index contributed by atoms with van der Waals surface area (Å²) in [7, 11) is 0. The minimum Gasteiger partial charge on any atom is -0.315 e. The minimum absolute atomic E-state index is 0.0205. The monoisotopic (exact) mass is 244 g/mol. The number of nitrogens with zero attached hydrogens (tertiary/aromatic N) is 1. The Hall–Kier alpha value is -1.68. The third-order valence-corrected chi connectivity index (χ3v) is 3.71. The number of amides is 2. The van der Waals surface area contributed by atoms with Crippen LogP contribution in [0.1, 0.15) is 28.8 Å². The largest absolute Gasteiger partial charge is 0.315 e. The van der Waals surface area contributed by atoms with E-state index in [1.165, 1.54) is 4.90 Å². The molecule has 2 heterocycles. The lowest BCUT2D eigenvalue weighted by atomic mass is 9.95. The van der Waals surface area contributed by atoms with Gasteiger partial charge in [-0.25, -0.2) is 0 Å². The summed E-state index contributed by atoms with van der Waals surface area (Å²) >= 11 is 0. The topological polar surface area (TPSA) is 49.4 Å². The van der Waals surface area contributed by atoms with Crippen LogP contribution in [0.15, 0.2) is 24.3 Å². The molecule has 1 aromatic carbocycles. The number of hydrogen-bond donors (Lipinski definition) is 1. The molecule has 1 atom stereocenters. The number of nitrogens with one attached hydrogen (secondary N) is 1. The maximum atomic E-state index is 12.4. The second kappa shape index (κ2) is 4.53. The van der Waals surface area contributed by atoms with Gasteiger partial charge in [-0.1, -0.05) is 18.2 Å². The summed E-state index contributed by atoms with van der Waals surface area (Å²) in [6, 6.07) is 7.42. The van der Waals surface area contributed by atoms with Crippen LogP contribution in [0.4, 0.5) is 0 Å². The van der Waals surface area contributed by atoms with E-state index in [9.17, 15) is 9.59 Å². The van der Waals surface area contributed by atoms with Gasteiger partial charge >= 0.3 is 0 Å². The van der Waals surface area contributed by atoms with Crippen molar-refractivity contribution in [1.29, 1.82) is 0 Å². The number of carbonyl (C=O) groups is 2. The molecule has 0 radical (unpaired) electrons. The highest BCUT2D eigenvalue weighted by Gasteiger charge is 2.35. The smallest absolute Gasteiger partial charge is 0.261 e. The van der Waals surface area contributed by atoms with Gasteiger partial charge in [0.1, 0.15) is 0 Å². The highest BCUT2D eigenvalue weighted by atomic mass is 16.2. The Balaban J connectivity index is 1.92. The van der Waals surface area contributed by atoms with Crippen LogP contribution < -0.4 is 5.32 Å². The standard InChI is InChI=1S/C14H16N2O2/c17-13-8-10-4-1-2-6-12(10)14(18)16(13)11-5-3-7-15-9-11/h1-2,4,6,11,15H,3,5,7-9H2. The van der Waals surface area contributed by atoms with E-state index in [2.05, 4.69) is 5.32 Å². The van der Waals surface area contributed by atoms with Gasteiger partial charge in [0.25, 0.3) is 5.91 Å². The molecule has 0 aromatic heterocycles. The number of piperidine rings is 1. The van der Waals surface area contributed by atoms with Crippen molar-refractivity contribution < 1.29 is 9.59 Å². The molecule has 1 fully saturated rings. The number of imide groups is 1. The van der Waals surface area contributed by atoms with Gasteiger partial charge in [-0.3, -0.25) is 14.5 Å². The summed E-state index contributed by atoms with van der Waals surface area (Å²) in [5.41, 5.74) is 1.54. The molecule has 2 aliphatic heterocycles. The lowest BCUT2D eigenvalue weighted by Crippen LogP contribution is -2.53. The summed E-state index contributed by atoms with van der Waals surface area (Å²) < 4.78 is 0. The van der Waals surface area contributed by atoms with E-state index in [0.717, 1.165) is 31.5 Å². The van der Waals surface area contributed by atoms with Crippen molar-refractivity contribution in [3.8, 4) is 0 Å². The average Bonchev–Trinajstić information content (AvgIpc) is 2.40. The summed E-state index contributed by atoms with van der Waals surface area (Å²) in [6.45, 7) is 1.70. The van der Waals surface area contributed by atoms with Gasteiger partial charge in [0.05, 0.1) is 12.5 Å². The van der Waals surface area contributed by atoms with Crippen LogP contribution in [0.5, 0.6) is 0 Å². The van der Waals surface area contributed by atoms with Crippen molar-refractivity contribution >= 4 is 11.8 Å². The Kier molecular flexibility index (Phi) is 2.88. The second-order valence-electron chi connectivity index (χ2n) is 4.90. The molecule has 18 heavy (non-hydrogen) atoms. The Labute approximate surface area is 106 Å². The molecule has 4 nitrogen and oxygen atoms in total. The maximum Gasteiger partial charge on any atom is 0.261 e. The summed E-state index contributed by atoms with van der Waals surface area (Å²) in [5, 5.41) is 3.25. The molecule has 1 N–H and O–H groups in total. The highest BCUT2D eigenvalue weighted by Crippen LogP contribution is 2.23. The number of carbonyl (C=O) groups excluding carboxylic acids is 2. The molecular weight excluding hydrogens is 228 g/mol. The Morgan fingerprint density at radius 1 is 1.22 bits per heavy atom. The fourth-order valence-corrected chi connectivity index (χ4v) is 2.80. The zero-order valence-corrected chi connectivity index (χ0v) is 10.2. The number of benzene rings is 1. The van der Waals surface area contributed by atoms with Gasteiger partial charge < -0.3 is 5.32 Å². The van der Waals surface area contributed by atoms with Gasteiger partial charge in [0.2, 0.25) is 5.91 Å². The predicted molar refractivity (Wildman–Crippen MR) is 67.2 cm³/mol. The number of rotatable bonds is 1. The van der Waals surface area contributed by atoms with Crippen molar-refractivity contribution in [1.82, 2.24) is 10.2 Å². The molecule has 2 aliphatic rings. The van der Waals surface area contributed by atoms with Crippen LogP contribution >= 0.6 is 0 Å². The van der Waals surface area contributed by atoms with E-state index >= 15 is 0 Å². The molecule has 0 bridgehead atoms. The second-order valence-corrected chi connectivity index (χ2v) is 4.90. The van der Waals surface area contributed by atoms with Crippen molar-refractivity contribution in [2.24, 2.45) is 0 Å². The molecule has 94 valence electrons. The summed E-state index contributed by atoms with van der Waals surface area (Å²) in [4.78, 5) is 26.0. The average molecular weight is 244 g/mol. The first-order valence-corrected chi connectivity index (χ1v) is 6.42. The molecule has 0 saturated carbocycles. The molecule has 0 aliphatic carbocycles. The van der Waals surface area contributed by atoms with E-state index in [-0.39, 0.29) is 17.9 Å². The minimum atomic E-state index is -0.129. The highest BCUT2D eigenvalue weighted by molar-refractivity contribution is 6.10. The van der Waals surface area contributed by atoms with Crippen LogP contribution in [-0.2, 0) is 11.2 Å². The van der Waals surface area contributed by atoms with Crippen LogP contribution in [0.2, 0.25) is 0 Å². The Morgan fingerprint density at radius 2 is 2.06 bits per heavy atom. The molecule has 2 amide bonds. The predicted octanol–water partition coefficient (Wildman–Crippen LogP) is 0.964. The normalized spacial score (nSPS) is 24.0. The number of hydrogen-bond acceptors (Lipinski definition) is 3. The SMILES string of the molecule is O=C1Cc2ccccc2C(=O)N1C1CCCNC1. The van der Waals surface area contributed by atoms with E-state index < -0.39 is 0 Å². The first-order chi connectivity index (χ1) is 8.77. The third-order valence-electron chi connectivity index (χ3n) is 3.71. The van der Waals surface area contributed by atoms with Crippen LogP contribution in [0, 0.1) is 0 Å². The van der Waals surface area contributed by atoms with Gasteiger partial charge in [-0.05, 0) is 31.0 Å². The van der Waals surface area contributed by atoms with Gasteiger partial charge in [0.15, 0.2) is 0 Å². The van der Waals surface area contributed by atoms with Gasteiger partial charge in [-0.2, -0.15) is 0 Å². The van der Waals surface area contributed by atoms with E-state index in [4.69, 9.17) is 0 Å². The van der Waals surface area contributed by atoms with E-state index in [0.29, 0.717) is 12.0 Å². The fourth-order valence-electron chi connectivity index (χ4n) is 2.80. The molecular formula is C14H16N2O2. The first-order valence-electron chi connectivity index (χ1n) is 6.42. The van der Waals surface area contributed by atoms with E-state index in [1.54, 1.807) is 0 Å². The molecule has 4 heteroatoms. The van der Waals surface area contributed by atoms with Gasteiger partial charge in [-0.15, -0.1) is 0 Å². The van der Waals surface area contributed by atoms with Crippen molar-refractivity contribution in [3.63, 3.8) is 0 Å². The zero-order valence-electron chi connectivity index (χ0n) is 10.2. The molecule has 1 aromatic rings. The Morgan fingerprint density at radius 3 is 2.83 bits per heavy atom. The quantitative estimate of drug-likeness (QED) is 0.749. The van der Waals surface area contributed by atoms with Gasteiger partial charge in [0, 0.05) is 12.1 Å². The van der Waals surface area contributed by atoms with Crippen LogP contribution in [0.25, 0.3) is 0 Å². The van der Waals surface area contributed by atoms with Crippen LogP contribution in [-0.4, -0.2) is 35.8 Å². The lowest BCUT2D eigenvalue weighted by molar-refractivity contribution is -0.130. The van der Waals surface area contributed by atoms with E-state index in [1.807, 2.05) is 24.3 Å². The summed E-state index contributed by atoms with van der Waals surface area (Å²) in [5.74, 6) is -0.192. The first kappa shape index (κ1) is 11.4. The van der Waals surface area contributed by atoms with Crippen molar-refractivity contribution in [2.45, 2.75) is 25.3 Å². The third kappa shape index (κ3) is 1.82. The van der Waals surface area contributed by atoms with Crippen molar-refractivity contribution in [3.05, 3.63) is 35.4 Å². The van der Waals surface area contributed by atoms with Crippen LogP contribution in [0.3, 0.4) is 0 Å². The molecule has 3 rings (SSSR count). The zero-order chi connectivity index (χ0) is 12.5. The lowest BCUT2D eigenvalue weighted by Gasteiger charge is -2.36. The molecule has 1 saturated heterocycles. The fraction of sp³-hybridized carbons (Fsp3) is 0.429. The Bertz CT molecular complexity index is 492. The maximum absolute atomic E-state index is 12.4. The number of fused-ring (bicyclic) bond motifs is 1. The summed E-state index contributed by atoms with van der Waals surface area (Å²) in [6.07, 6.45) is 2.27.